The maximum Gasteiger partial charge on any atom is 0.227 e. The first kappa shape index (κ1) is 17.0. The van der Waals surface area contributed by atoms with E-state index >= 15 is 0 Å². The zero-order valence-corrected chi connectivity index (χ0v) is 15.0. The molecule has 3 heterocycles. The van der Waals surface area contributed by atoms with Crippen molar-refractivity contribution >= 4 is 17.2 Å². The van der Waals surface area contributed by atoms with Crippen LogP contribution in [-0.2, 0) is 22.4 Å². The van der Waals surface area contributed by atoms with Crippen molar-refractivity contribution in [2.24, 2.45) is 5.92 Å². The van der Waals surface area contributed by atoms with Gasteiger partial charge in [0.05, 0.1) is 19.6 Å². The third kappa shape index (κ3) is 4.61. The Bertz CT molecular complexity index is 701. The first-order valence-electron chi connectivity index (χ1n) is 8.28. The largest absolute Gasteiger partial charge is 0.379 e. The van der Waals surface area contributed by atoms with Crippen molar-refractivity contribution in [1.29, 1.82) is 0 Å². The molecule has 0 radical (unpaired) electrons. The Labute approximate surface area is 146 Å². The van der Waals surface area contributed by atoms with Crippen molar-refractivity contribution in [2.45, 2.75) is 26.7 Å². The van der Waals surface area contributed by atoms with E-state index in [0.29, 0.717) is 26.2 Å². The van der Waals surface area contributed by atoms with Crippen LogP contribution in [0, 0.1) is 19.8 Å². The summed E-state index contributed by atoms with van der Waals surface area (Å²) in [6.07, 6.45) is 2.90. The predicted molar refractivity (Wildman–Crippen MR) is 94.1 cm³/mol. The monoisotopic (exact) mass is 345 g/mol. The summed E-state index contributed by atoms with van der Waals surface area (Å²) in [4.78, 5) is 25.4. The molecule has 0 spiro atoms. The molecule has 1 atom stereocenters. The molecule has 3 rings (SSSR count). The van der Waals surface area contributed by atoms with Gasteiger partial charge in [-0.1, -0.05) is 0 Å². The number of aromatic nitrogens is 2. The van der Waals surface area contributed by atoms with E-state index in [1.807, 2.05) is 24.0 Å². The third-order valence-electron chi connectivity index (χ3n) is 4.17. The van der Waals surface area contributed by atoms with Gasteiger partial charge < -0.3 is 9.64 Å². The van der Waals surface area contributed by atoms with E-state index in [1.165, 1.54) is 4.88 Å². The SMILES string of the molecule is Cc1cc(CC2COCCN(C(=O)Cc3ccc(C)s3)C2)ncn1. The minimum atomic E-state index is 0.186. The highest BCUT2D eigenvalue weighted by molar-refractivity contribution is 7.12. The van der Waals surface area contributed by atoms with Gasteiger partial charge in [0, 0.05) is 40.1 Å². The molecule has 5 nitrogen and oxygen atoms in total. The minimum absolute atomic E-state index is 0.186. The van der Waals surface area contributed by atoms with Crippen LogP contribution >= 0.6 is 11.3 Å². The van der Waals surface area contributed by atoms with Crippen LogP contribution in [0.15, 0.2) is 24.5 Å². The van der Waals surface area contributed by atoms with Gasteiger partial charge in [-0.2, -0.15) is 0 Å². The van der Waals surface area contributed by atoms with Gasteiger partial charge >= 0.3 is 0 Å². The van der Waals surface area contributed by atoms with Crippen LogP contribution in [0.25, 0.3) is 0 Å². The summed E-state index contributed by atoms with van der Waals surface area (Å²) in [6.45, 7) is 6.71. The number of nitrogens with zero attached hydrogens (tertiary/aromatic N) is 3. The molecule has 1 aliphatic heterocycles. The summed E-state index contributed by atoms with van der Waals surface area (Å²) in [5.74, 6) is 0.460. The van der Waals surface area contributed by atoms with Gasteiger partial charge in [0.15, 0.2) is 0 Å². The molecule has 1 saturated heterocycles. The fraction of sp³-hybridized carbons (Fsp3) is 0.500. The number of hydrogen-bond acceptors (Lipinski definition) is 5. The lowest BCUT2D eigenvalue weighted by Crippen LogP contribution is -2.37. The summed E-state index contributed by atoms with van der Waals surface area (Å²) in [5, 5.41) is 0. The van der Waals surface area contributed by atoms with Gasteiger partial charge in [-0.3, -0.25) is 4.79 Å². The standard InChI is InChI=1S/C18H23N3O2S/c1-13-7-16(20-12-19-13)8-15-10-21(5-6-23-11-15)18(22)9-17-4-3-14(2)24-17/h3-4,7,12,15H,5-6,8-11H2,1-2H3. The lowest BCUT2D eigenvalue weighted by atomic mass is 10.0. The van der Waals surface area contributed by atoms with Gasteiger partial charge in [-0.25, -0.2) is 9.97 Å². The number of aryl methyl sites for hydroxylation is 2. The van der Waals surface area contributed by atoms with E-state index in [9.17, 15) is 4.79 Å². The van der Waals surface area contributed by atoms with Crippen LogP contribution in [0.2, 0.25) is 0 Å². The van der Waals surface area contributed by atoms with Gasteiger partial charge in [-0.15, -0.1) is 11.3 Å². The van der Waals surface area contributed by atoms with Crippen LogP contribution in [0.1, 0.15) is 21.1 Å². The van der Waals surface area contributed by atoms with Crippen molar-refractivity contribution in [3.63, 3.8) is 0 Å². The number of thiophene rings is 1. The zero-order valence-electron chi connectivity index (χ0n) is 14.2. The highest BCUT2D eigenvalue weighted by Crippen LogP contribution is 2.18. The molecule has 0 aromatic carbocycles. The highest BCUT2D eigenvalue weighted by atomic mass is 32.1. The van der Waals surface area contributed by atoms with E-state index in [-0.39, 0.29) is 11.8 Å². The second-order valence-electron chi connectivity index (χ2n) is 6.32. The molecule has 6 heteroatoms. The van der Waals surface area contributed by atoms with Crippen molar-refractivity contribution in [1.82, 2.24) is 14.9 Å². The molecule has 0 bridgehead atoms. The molecular weight excluding hydrogens is 322 g/mol. The maximum absolute atomic E-state index is 12.6. The Morgan fingerprint density at radius 2 is 2.25 bits per heavy atom. The lowest BCUT2D eigenvalue weighted by Gasteiger charge is -2.23. The van der Waals surface area contributed by atoms with Gasteiger partial charge in [0.2, 0.25) is 5.91 Å². The van der Waals surface area contributed by atoms with Crippen LogP contribution in [0.3, 0.4) is 0 Å². The van der Waals surface area contributed by atoms with E-state index in [2.05, 4.69) is 23.0 Å². The highest BCUT2D eigenvalue weighted by Gasteiger charge is 2.23. The second kappa shape index (κ2) is 7.85. The second-order valence-corrected chi connectivity index (χ2v) is 7.70. The van der Waals surface area contributed by atoms with Crippen molar-refractivity contribution < 1.29 is 9.53 Å². The van der Waals surface area contributed by atoms with Crippen LogP contribution < -0.4 is 0 Å². The molecule has 0 aliphatic carbocycles. The predicted octanol–water partition coefficient (Wildman–Crippen LogP) is 2.42. The number of rotatable bonds is 4. The topological polar surface area (TPSA) is 55.3 Å². The Morgan fingerprint density at radius 3 is 3.00 bits per heavy atom. The summed E-state index contributed by atoms with van der Waals surface area (Å²) in [7, 11) is 0. The molecule has 128 valence electrons. The van der Waals surface area contributed by atoms with E-state index in [1.54, 1.807) is 17.7 Å². The average molecular weight is 345 g/mol. The molecule has 1 aliphatic rings. The van der Waals surface area contributed by atoms with E-state index in [0.717, 1.165) is 29.2 Å². The van der Waals surface area contributed by atoms with Crippen LogP contribution in [0.4, 0.5) is 0 Å². The van der Waals surface area contributed by atoms with Gasteiger partial charge in [-0.05, 0) is 38.5 Å². The summed E-state index contributed by atoms with van der Waals surface area (Å²) >= 11 is 1.69. The molecule has 1 fully saturated rings. The number of ether oxygens (including phenoxy) is 1. The van der Waals surface area contributed by atoms with Crippen molar-refractivity contribution in [2.75, 3.05) is 26.3 Å². The first-order valence-corrected chi connectivity index (χ1v) is 9.10. The normalized spacial score (nSPS) is 18.4. The summed E-state index contributed by atoms with van der Waals surface area (Å²) in [6, 6.07) is 6.12. The minimum Gasteiger partial charge on any atom is -0.379 e. The number of hydrogen-bond donors (Lipinski definition) is 0. The molecular formula is C18H23N3O2S. The fourth-order valence-electron chi connectivity index (χ4n) is 2.99. The molecule has 24 heavy (non-hydrogen) atoms. The Kier molecular flexibility index (Phi) is 5.58. The fourth-order valence-corrected chi connectivity index (χ4v) is 3.87. The quantitative estimate of drug-likeness (QED) is 0.854. The lowest BCUT2D eigenvalue weighted by molar-refractivity contribution is -0.130. The van der Waals surface area contributed by atoms with E-state index in [4.69, 9.17) is 4.74 Å². The smallest absolute Gasteiger partial charge is 0.227 e. The molecule has 1 amide bonds. The summed E-state index contributed by atoms with van der Waals surface area (Å²) < 4.78 is 5.71. The molecule has 0 saturated carbocycles. The third-order valence-corrected chi connectivity index (χ3v) is 5.17. The first-order chi connectivity index (χ1) is 11.6. The van der Waals surface area contributed by atoms with Crippen LogP contribution in [-0.4, -0.2) is 47.1 Å². The number of carbonyl (C=O) groups is 1. The molecule has 2 aromatic heterocycles. The Hall–Kier alpha value is -1.79. The molecule has 1 unspecified atom stereocenters. The Morgan fingerprint density at radius 1 is 1.38 bits per heavy atom. The maximum atomic E-state index is 12.6. The molecule has 0 N–H and O–H groups in total. The number of amides is 1. The number of carbonyl (C=O) groups excluding carboxylic acids is 1. The van der Waals surface area contributed by atoms with Crippen molar-refractivity contribution in [3.05, 3.63) is 45.7 Å². The summed E-state index contributed by atoms with van der Waals surface area (Å²) in [5.41, 5.74) is 1.98. The van der Waals surface area contributed by atoms with Crippen molar-refractivity contribution in [3.8, 4) is 0 Å². The van der Waals surface area contributed by atoms with Gasteiger partial charge in [0.25, 0.3) is 0 Å². The molecule has 2 aromatic rings. The zero-order chi connectivity index (χ0) is 16.9. The van der Waals surface area contributed by atoms with Gasteiger partial charge in [0.1, 0.15) is 6.33 Å². The van der Waals surface area contributed by atoms with Crippen LogP contribution in [0.5, 0.6) is 0 Å². The van der Waals surface area contributed by atoms with E-state index < -0.39 is 0 Å². The average Bonchev–Trinajstić information content (AvgIpc) is 2.81. The Balaban J connectivity index is 1.62.